The normalized spacial score (nSPS) is 15.2. The average Bonchev–Trinajstić information content (AvgIpc) is 3.31. The minimum Gasteiger partial charge on any atom is -0.396 e. The molecule has 1 fully saturated rings. The Hall–Kier alpha value is -2.41. The predicted octanol–water partition coefficient (Wildman–Crippen LogP) is 3.14. The highest BCUT2D eigenvalue weighted by atomic mass is 16.5. The SMILES string of the molecule is CC(C)c1noc(-c2ccc(NC(=O)N[C@@H](CCO)C3CC3)cc2)n1. The van der Waals surface area contributed by atoms with E-state index in [1.165, 1.54) is 0 Å². The van der Waals surface area contributed by atoms with E-state index < -0.39 is 0 Å². The smallest absolute Gasteiger partial charge is 0.319 e. The molecule has 25 heavy (non-hydrogen) atoms. The first-order valence-electron chi connectivity index (χ1n) is 8.69. The van der Waals surface area contributed by atoms with Crippen molar-refractivity contribution in [3.05, 3.63) is 30.1 Å². The number of benzene rings is 1. The van der Waals surface area contributed by atoms with Crippen molar-refractivity contribution in [2.45, 2.75) is 45.1 Å². The summed E-state index contributed by atoms with van der Waals surface area (Å²) in [6.45, 7) is 4.09. The number of aliphatic hydroxyl groups is 1. The Morgan fingerprint density at radius 2 is 2.04 bits per heavy atom. The van der Waals surface area contributed by atoms with Gasteiger partial charge < -0.3 is 20.3 Å². The summed E-state index contributed by atoms with van der Waals surface area (Å²) >= 11 is 0. The Labute approximate surface area is 146 Å². The van der Waals surface area contributed by atoms with Crippen molar-refractivity contribution in [2.24, 2.45) is 5.92 Å². The number of carbonyl (C=O) groups is 1. The van der Waals surface area contributed by atoms with Gasteiger partial charge in [0.25, 0.3) is 5.89 Å². The fraction of sp³-hybridized carbons (Fsp3) is 0.500. The maximum Gasteiger partial charge on any atom is 0.319 e. The maximum atomic E-state index is 12.1. The molecule has 0 spiro atoms. The van der Waals surface area contributed by atoms with Crippen molar-refractivity contribution >= 4 is 11.7 Å². The Morgan fingerprint density at radius 3 is 2.60 bits per heavy atom. The van der Waals surface area contributed by atoms with Gasteiger partial charge in [-0.2, -0.15) is 4.98 Å². The summed E-state index contributed by atoms with van der Waals surface area (Å²) < 4.78 is 5.26. The lowest BCUT2D eigenvalue weighted by atomic mass is 10.1. The number of nitrogens with zero attached hydrogens (tertiary/aromatic N) is 2. The van der Waals surface area contributed by atoms with Crippen LogP contribution >= 0.6 is 0 Å². The number of urea groups is 1. The average molecular weight is 344 g/mol. The number of nitrogens with one attached hydrogen (secondary N) is 2. The van der Waals surface area contributed by atoms with Crippen molar-refractivity contribution < 1.29 is 14.4 Å². The molecule has 1 atom stereocenters. The quantitative estimate of drug-likeness (QED) is 0.716. The van der Waals surface area contributed by atoms with Gasteiger partial charge in [0.05, 0.1) is 0 Å². The van der Waals surface area contributed by atoms with Crippen LogP contribution in [0, 0.1) is 5.92 Å². The summed E-state index contributed by atoms with van der Waals surface area (Å²) in [6.07, 6.45) is 2.82. The van der Waals surface area contributed by atoms with E-state index in [2.05, 4.69) is 20.8 Å². The molecule has 1 heterocycles. The van der Waals surface area contributed by atoms with Crippen molar-refractivity contribution in [3.63, 3.8) is 0 Å². The molecule has 1 aliphatic rings. The van der Waals surface area contributed by atoms with E-state index >= 15 is 0 Å². The van der Waals surface area contributed by atoms with Gasteiger partial charge in [-0.25, -0.2) is 4.79 Å². The van der Waals surface area contributed by atoms with E-state index in [-0.39, 0.29) is 24.6 Å². The molecule has 0 aliphatic heterocycles. The highest BCUT2D eigenvalue weighted by Gasteiger charge is 2.31. The zero-order valence-electron chi connectivity index (χ0n) is 14.5. The third-order valence-corrected chi connectivity index (χ3v) is 4.30. The Kier molecular flexibility index (Phi) is 5.33. The monoisotopic (exact) mass is 344 g/mol. The summed E-state index contributed by atoms with van der Waals surface area (Å²) in [5.74, 6) is 1.84. The zero-order chi connectivity index (χ0) is 17.8. The molecule has 1 aliphatic carbocycles. The van der Waals surface area contributed by atoms with E-state index in [9.17, 15) is 4.79 Å². The second-order valence-electron chi connectivity index (χ2n) is 6.74. The highest BCUT2D eigenvalue weighted by molar-refractivity contribution is 5.89. The molecule has 0 radical (unpaired) electrons. The number of aromatic nitrogens is 2. The molecule has 1 aromatic heterocycles. The number of anilines is 1. The van der Waals surface area contributed by atoms with E-state index in [0.29, 0.717) is 29.7 Å². The van der Waals surface area contributed by atoms with Gasteiger partial charge >= 0.3 is 6.03 Å². The van der Waals surface area contributed by atoms with Crippen LogP contribution in [0.1, 0.15) is 44.9 Å². The number of amides is 2. The lowest BCUT2D eigenvalue weighted by Gasteiger charge is -2.17. The van der Waals surface area contributed by atoms with E-state index in [1.54, 1.807) is 12.1 Å². The standard InChI is InChI=1S/C18H24N4O3/c1-11(2)16-21-17(25-22-16)13-5-7-14(8-6-13)19-18(24)20-15(9-10-23)12-3-4-12/h5-8,11-12,15,23H,3-4,9-10H2,1-2H3,(H2,19,20,24)/t15-/m0/s1. The van der Waals surface area contributed by atoms with E-state index in [1.807, 2.05) is 26.0 Å². The molecule has 1 saturated carbocycles. The fourth-order valence-electron chi connectivity index (χ4n) is 2.68. The van der Waals surface area contributed by atoms with Gasteiger partial charge in [0.2, 0.25) is 0 Å². The maximum absolute atomic E-state index is 12.1. The van der Waals surface area contributed by atoms with Gasteiger partial charge in [-0.1, -0.05) is 19.0 Å². The van der Waals surface area contributed by atoms with Crippen LogP contribution in [0.3, 0.4) is 0 Å². The Morgan fingerprint density at radius 1 is 1.32 bits per heavy atom. The minimum absolute atomic E-state index is 0.0390. The molecule has 0 saturated heterocycles. The summed E-state index contributed by atoms with van der Waals surface area (Å²) in [5.41, 5.74) is 1.49. The number of rotatable bonds is 7. The second-order valence-corrected chi connectivity index (χ2v) is 6.74. The minimum atomic E-state index is -0.252. The van der Waals surface area contributed by atoms with E-state index in [0.717, 1.165) is 18.4 Å². The lowest BCUT2D eigenvalue weighted by molar-refractivity contribution is 0.234. The Balaban J connectivity index is 1.59. The molecule has 7 nitrogen and oxygen atoms in total. The highest BCUT2D eigenvalue weighted by Crippen LogP contribution is 2.34. The van der Waals surface area contributed by atoms with Crippen LogP contribution in [-0.4, -0.2) is 33.9 Å². The first kappa shape index (κ1) is 17.4. The van der Waals surface area contributed by atoms with Crippen LogP contribution in [0.25, 0.3) is 11.5 Å². The van der Waals surface area contributed by atoms with Crippen LogP contribution in [0.5, 0.6) is 0 Å². The van der Waals surface area contributed by atoms with Gasteiger partial charge in [0.15, 0.2) is 5.82 Å². The number of carbonyl (C=O) groups excluding carboxylic acids is 1. The summed E-state index contributed by atoms with van der Waals surface area (Å²) in [4.78, 5) is 16.5. The largest absolute Gasteiger partial charge is 0.396 e. The van der Waals surface area contributed by atoms with Crippen LogP contribution < -0.4 is 10.6 Å². The first-order valence-corrected chi connectivity index (χ1v) is 8.69. The molecule has 0 bridgehead atoms. The first-order chi connectivity index (χ1) is 12.1. The van der Waals surface area contributed by atoms with Gasteiger partial charge in [-0.05, 0) is 49.4 Å². The number of hydrogen-bond acceptors (Lipinski definition) is 5. The van der Waals surface area contributed by atoms with E-state index in [4.69, 9.17) is 9.63 Å². The van der Waals surface area contributed by atoms with Crippen LogP contribution in [-0.2, 0) is 0 Å². The summed E-state index contributed by atoms with van der Waals surface area (Å²) in [7, 11) is 0. The summed E-state index contributed by atoms with van der Waals surface area (Å²) in [5, 5.41) is 18.8. The molecule has 7 heteroatoms. The van der Waals surface area contributed by atoms with Crippen LogP contribution in [0.2, 0.25) is 0 Å². The molecular formula is C18H24N4O3. The molecular weight excluding hydrogens is 320 g/mol. The Bertz CT molecular complexity index is 707. The van der Waals surface area contributed by atoms with Crippen molar-refractivity contribution in [1.82, 2.24) is 15.5 Å². The van der Waals surface area contributed by atoms with Crippen molar-refractivity contribution in [1.29, 1.82) is 0 Å². The van der Waals surface area contributed by atoms with Crippen molar-refractivity contribution in [3.8, 4) is 11.5 Å². The molecule has 1 aromatic carbocycles. The fourth-order valence-corrected chi connectivity index (χ4v) is 2.68. The van der Waals surface area contributed by atoms with Crippen molar-refractivity contribution in [2.75, 3.05) is 11.9 Å². The van der Waals surface area contributed by atoms with Gasteiger partial charge in [0, 0.05) is 29.8 Å². The summed E-state index contributed by atoms with van der Waals surface area (Å²) in [6, 6.07) is 7.05. The third kappa shape index (κ3) is 4.57. The molecule has 2 aromatic rings. The van der Waals surface area contributed by atoms with Gasteiger partial charge in [-0.15, -0.1) is 0 Å². The van der Waals surface area contributed by atoms with Crippen LogP contribution in [0.15, 0.2) is 28.8 Å². The zero-order valence-corrected chi connectivity index (χ0v) is 14.5. The van der Waals surface area contributed by atoms with Crippen LogP contribution in [0.4, 0.5) is 10.5 Å². The third-order valence-electron chi connectivity index (χ3n) is 4.30. The molecule has 3 N–H and O–H groups in total. The predicted molar refractivity (Wildman–Crippen MR) is 94.2 cm³/mol. The lowest BCUT2D eigenvalue weighted by Crippen LogP contribution is -2.39. The molecule has 3 rings (SSSR count). The molecule has 134 valence electrons. The van der Waals surface area contributed by atoms with Gasteiger partial charge in [0.1, 0.15) is 0 Å². The van der Waals surface area contributed by atoms with Gasteiger partial charge in [-0.3, -0.25) is 0 Å². The molecule has 0 unspecified atom stereocenters. The number of aliphatic hydroxyl groups excluding tert-OH is 1. The molecule has 2 amide bonds. The topological polar surface area (TPSA) is 100 Å². The number of hydrogen-bond donors (Lipinski definition) is 3. The second kappa shape index (κ2) is 7.65.